The Labute approximate surface area is 254 Å². The molecular formula is C32H33ClFN3O6. The minimum absolute atomic E-state index is 0.0134. The summed E-state index contributed by atoms with van der Waals surface area (Å²) in [7, 11) is 0. The molecule has 0 bridgehead atoms. The first-order chi connectivity index (χ1) is 20.5. The topological polar surface area (TPSA) is 109 Å². The summed E-state index contributed by atoms with van der Waals surface area (Å²) in [6.45, 7) is 5.80. The number of aromatic nitrogens is 1. The molecule has 0 saturated carbocycles. The number of carbonyl (C=O) groups is 3. The number of benzene rings is 2. The Hall–Kier alpha value is -4.18. The van der Waals surface area contributed by atoms with Gasteiger partial charge < -0.3 is 24.4 Å². The van der Waals surface area contributed by atoms with E-state index in [2.05, 4.69) is 4.98 Å². The third-order valence-corrected chi connectivity index (χ3v) is 8.15. The average molecular weight is 610 g/mol. The molecule has 0 unspecified atom stereocenters. The number of fused-ring (bicyclic) bond motifs is 1. The molecule has 9 nitrogen and oxygen atoms in total. The summed E-state index contributed by atoms with van der Waals surface area (Å²) in [6, 6.07) is 12.8. The van der Waals surface area contributed by atoms with E-state index in [1.165, 1.54) is 18.3 Å². The van der Waals surface area contributed by atoms with Crippen LogP contribution in [0.1, 0.15) is 50.4 Å². The molecular weight excluding hydrogens is 577 g/mol. The van der Waals surface area contributed by atoms with E-state index in [0.717, 1.165) is 0 Å². The van der Waals surface area contributed by atoms with E-state index in [0.29, 0.717) is 65.8 Å². The van der Waals surface area contributed by atoms with Gasteiger partial charge in [-0.3, -0.25) is 14.4 Å². The number of nitrogens with zero attached hydrogens (tertiary/aromatic N) is 3. The summed E-state index contributed by atoms with van der Waals surface area (Å²) in [5.74, 6) is -2.16. The lowest BCUT2D eigenvalue weighted by atomic mass is 9.96. The van der Waals surface area contributed by atoms with Crippen molar-refractivity contribution in [3.63, 3.8) is 0 Å². The number of carboxylic acids is 1. The molecule has 43 heavy (non-hydrogen) atoms. The predicted octanol–water partition coefficient (Wildman–Crippen LogP) is 5.84. The van der Waals surface area contributed by atoms with E-state index in [4.69, 9.17) is 21.1 Å². The fourth-order valence-electron chi connectivity index (χ4n) is 5.45. The van der Waals surface area contributed by atoms with Crippen molar-refractivity contribution in [2.45, 2.75) is 51.7 Å². The zero-order chi connectivity index (χ0) is 30.9. The van der Waals surface area contributed by atoms with Crippen molar-refractivity contribution >= 4 is 35.1 Å². The second kappa shape index (κ2) is 12.2. The van der Waals surface area contributed by atoms with Crippen LogP contribution >= 0.6 is 11.6 Å². The molecule has 3 aromatic rings. The number of aliphatic carboxylic acids is 1. The largest absolute Gasteiger partial charge is 0.492 e. The Balaban J connectivity index is 1.29. The number of carbonyl (C=O) groups excluding carboxylic acids is 2. The normalized spacial score (nSPS) is 17.2. The van der Waals surface area contributed by atoms with Crippen LogP contribution in [-0.4, -0.2) is 64.1 Å². The van der Waals surface area contributed by atoms with Crippen LogP contribution in [0.25, 0.3) is 11.1 Å². The minimum Gasteiger partial charge on any atom is -0.492 e. The number of pyridine rings is 1. The molecule has 2 aromatic carbocycles. The molecule has 2 aliphatic rings. The molecule has 2 aliphatic heterocycles. The van der Waals surface area contributed by atoms with Gasteiger partial charge >= 0.3 is 5.97 Å². The van der Waals surface area contributed by atoms with Gasteiger partial charge in [0.1, 0.15) is 23.9 Å². The van der Waals surface area contributed by atoms with E-state index in [1.54, 1.807) is 67.0 Å². The zero-order valence-corrected chi connectivity index (χ0v) is 24.9. The first-order valence-electron chi connectivity index (χ1n) is 14.2. The van der Waals surface area contributed by atoms with E-state index >= 15 is 4.39 Å². The minimum atomic E-state index is -1.11. The molecule has 0 aliphatic carbocycles. The van der Waals surface area contributed by atoms with E-state index < -0.39 is 29.2 Å². The number of hydrogen-bond acceptors (Lipinski definition) is 6. The second-order valence-corrected chi connectivity index (χ2v) is 11.7. The van der Waals surface area contributed by atoms with Gasteiger partial charge in [0, 0.05) is 30.9 Å². The van der Waals surface area contributed by atoms with Crippen molar-refractivity contribution in [1.82, 2.24) is 9.88 Å². The molecule has 1 N–H and O–H groups in total. The maximum atomic E-state index is 15.4. The van der Waals surface area contributed by atoms with Crippen molar-refractivity contribution in [2.24, 2.45) is 5.92 Å². The van der Waals surface area contributed by atoms with E-state index in [-0.39, 0.29) is 24.1 Å². The highest BCUT2D eigenvalue weighted by Crippen LogP contribution is 2.40. The maximum Gasteiger partial charge on any atom is 0.309 e. The van der Waals surface area contributed by atoms with Gasteiger partial charge in [0.25, 0.3) is 11.8 Å². The number of likely N-dealkylation sites (tertiary alicyclic amines) is 1. The number of amides is 2. The number of ether oxygens (including phenoxy) is 2. The molecule has 0 radical (unpaired) electrons. The number of anilines is 1. The van der Waals surface area contributed by atoms with Crippen LogP contribution in [0.4, 0.5) is 10.1 Å². The smallest absolute Gasteiger partial charge is 0.309 e. The fourth-order valence-corrected chi connectivity index (χ4v) is 5.61. The summed E-state index contributed by atoms with van der Waals surface area (Å²) in [4.78, 5) is 45.7. The average Bonchev–Trinajstić information content (AvgIpc) is 2.98. The zero-order valence-electron chi connectivity index (χ0n) is 24.2. The molecule has 1 atom stereocenters. The SMILES string of the molecule is CC[C@@H](COc1ccccc1-c1ccc(C(=O)N2CCC(N3C(=O)C(C)(C)Oc4ncc(Cl)cc43)CC2)c(F)c1)C(=O)O. The first-order valence-corrected chi connectivity index (χ1v) is 14.6. The lowest BCUT2D eigenvalue weighted by Crippen LogP contribution is -2.58. The van der Waals surface area contributed by atoms with Gasteiger partial charge in [0.15, 0.2) is 5.60 Å². The molecule has 3 heterocycles. The molecule has 1 aromatic heterocycles. The summed E-state index contributed by atoms with van der Waals surface area (Å²) >= 11 is 6.18. The highest BCUT2D eigenvalue weighted by atomic mass is 35.5. The lowest BCUT2D eigenvalue weighted by Gasteiger charge is -2.44. The van der Waals surface area contributed by atoms with Crippen molar-refractivity contribution in [3.05, 3.63) is 71.1 Å². The fraction of sp³-hybridized carbons (Fsp3) is 0.375. The van der Waals surface area contributed by atoms with E-state index in [1.807, 2.05) is 0 Å². The first kappa shape index (κ1) is 30.3. The Morgan fingerprint density at radius 1 is 1.19 bits per heavy atom. The Morgan fingerprint density at radius 3 is 2.58 bits per heavy atom. The summed E-state index contributed by atoms with van der Waals surface area (Å²) < 4.78 is 27.0. The Morgan fingerprint density at radius 2 is 1.91 bits per heavy atom. The van der Waals surface area contributed by atoms with Crippen LogP contribution in [0.2, 0.25) is 5.02 Å². The van der Waals surface area contributed by atoms with E-state index in [9.17, 15) is 19.5 Å². The molecule has 226 valence electrons. The highest BCUT2D eigenvalue weighted by molar-refractivity contribution is 6.31. The van der Waals surface area contributed by atoms with Crippen molar-refractivity contribution < 1.29 is 33.4 Å². The number of halogens is 2. The van der Waals surface area contributed by atoms with Gasteiger partial charge in [-0.15, -0.1) is 0 Å². The number of piperidine rings is 1. The van der Waals surface area contributed by atoms with Crippen LogP contribution in [0.15, 0.2) is 54.7 Å². The Bertz CT molecular complexity index is 1560. The van der Waals surface area contributed by atoms with Crippen LogP contribution < -0.4 is 14.4 Å². The van der Waals surface area contributed by atoms with Crippen LogP contribution in [0.3, 0.4) is 0 Å². The van der Waals surface area contributed by atoms with Crippen molar-refractivity contribution in [3.8, 4) is 22.8 Å². The monoisotopic (exact) mass is 609 g/mol. The quantitative estimate of drug-likeness (QED) is 0.342. The van der Waals surface area contributed by atoms with Gasteiger partial charge in [-0.1, -0.05) is 42.8 Å². The summed E-state index contributed by atoms with van der Waals surface area (Å²) in [5.41, 5.74) is 0.437. The van der Waals surface area contributed by atoms with Gasteiger partial charge in [0.2, 0.25) is 5.88 Å². The predicted molar refractivity (Wildman–Crippen MR) is 159 cm³/mol. The standard InChI is InChI=1S/C32H33ClFN3O6/c1-4-19(30(39)40)18-42-27-8-6-5-7-23(27)20-9-10-24(25(34)15-20)29(38)36-13-11-22(12-14-36)37-26-16-21(33)17-35-28(26)43-32(2,3)31(37)41/h5-10,15-17,19,22H,4,11-14,18H2,1-3H3,(H,39,40)/t19-/m0/s1. The second-order valence-electron chi connectivity index (χ2n) is 11.2. The van der Waals surface area contributed by atoms with Gasteiger partial charge in [-0.05, 0) is 62.9 Å². The number of para-hydroxylation sites is 1. The van der Waals surface area contributed by atoms with Crippen LogP contribution in [0.5, 0.6) is 11.6 Å². The lowest BCUT2D eigenvalue weighted by molar-refractivity contribution is -0.142. The highest BCUT2D eigenvalue weighted by Gasteiger charge is 2.45. The van der Waals surface area contributed by atoms with Crippen molar-refractivity contribution in [2.75, 3.05) is 24.6 Å². The van der Waals surface area contributed by atoms with Crippen LogP contribution in [-0.2, 0) is 9.59 Å². The third kappa shape index (κ3) is 6.15. The molecule has 1 fully saturated rings. The molecule has 1 saturated heterocycles. The van der Waals surface area contributed by atoms with Gasteiger partial charge in [-0.25, -0.2) is 9.37 Å². The number of rotatable bonds is 8. The molecule has 2 amide bonds. The summed E-state index contributed by atoms with van der Waals surface area (Å²) in [5, 5.41) is 9.71. The van der Waals surface area contributed by atoms with Crippen molar-refractivity contribution in [1.29, 1.82) is 0 Å². The molecule has 0 spiro atoms. The van der Waals surface area contributed by atoms with Gasteiger partial charge in [0.05, 0.1) is 16.5 Å². The summed E-state index contributed by atoms with van der Waals surface area (Å²) in [6.07, 6.45) is 2.86. The maximum absolute atomic E-state index is 15.4. The number of hydrogen-bond donors (Lipinski definition) is 1. The Kier molecular flexibility index (Phi) is 8.59. The number of carboxylic acid groups (broad SMARTS) is 1. The third-order valence-electron chi connectivity index (χ3n) is 7.94. The molecule has 5 rings (SSSR count). The van der Waals surface area contributed by atoms with Crippen LogP contribution in [0, 0.1) is 11.7 Å². The van der Waals surface area contributed by atoms with Gasteiger partial charge in [-0.2, -0.15) is 0 Å². The molecule has 11 heteroatoms.